The van der Waals surface area contributed by atoms with Crippen LogP contribution >= 0.6 is 0 Å². The highest BCUT2D eigenvalue weighted by molar-refractivity contribution is 7.88. The summed E-state index contributed by atoms with van der Waals surface area (Å²) < 4.78 is 99.7. The van der Waals surface area contributed by atoms with Crippen LogP contribution in [0.15, 0.2) is 24.3 Å². The second-order valence-corrected chi connectivity index (χ2v) is 10.9. The second-order valence-electron chi connectivity index (χ2n) is 9.32. The molecule has 8 nitrogen and oxygen atoms in total. The molecule has 1 unspecified atom stereocenters. The molecule has 2 heterocycles. The van der Waals surface area contributed by atoms with Crippen LogP contribution in [0, 0.1) is 6.92 Å². The van der Waals surface area contributed by atoms with Crippen LogP contribution in [0.5, 0.6) is 11.5 Å². The number of nitrogens with two attached hydrogens (primary N) is 1. The zero-order chi connectivity index (χ0) is 27.5. The fourth-order valence-electron chi connectivity index (χ4n) is 4.12. The van der Waals surface area contributed by atoms with Crippen molar-refractivity contribution in [3.8, 4) is 11.5 Å². The summed E-state index contributed by atoms with van der Waals surface area (Å²) in [6, 6.07) is 4.34. The Bertz CT molecular complexity index is 1490. The first-order valence-corrected chi connectivity index (χ1v) is 12.4. The largest absolute Gasteiger partial charge is 0.534 e. The van der Waals surface area contributed by atoms with Gasteiger partial charge in [0.1, 0.15) is 17.2 Å². The Kier molecular flexibility index (Phi) is 6.37. The van der Waals surface area contributed by atoms with E-state index in [9.17, 15) is 30.4 Å². The second kappa shape index (κ2) is 8.85. The molecule has 0 bridgehead atoms. The molecule has 0 amide bonds. The van der Waals surface area contributed by atoms with Crippen LogP contribution in [-0.2, 0) is 16.5 Å². The van der Waals surface area contributed by atoms with Gasteiger partial charge in [-0.15, -0.1) is 0 Å². The lowest BCUT2D eigenvalue weighted by Crippen LogP contribution is -2.28. The maximum atomic E-state index is 13.3. The van der Waals surface area contributed by atoms with E-state index in [1.807, 2.05) is 0 Å². The molecular formula is C23H23F5N4O4S. The maximum absolute atomic E-state index is 13.3. The number of nitrogens with one attached hydrogen (secondary N) is 1. The molecule has 37 heavy (non-hydrogen) atoms. The van der Waals surface area contributed by atoms with E-state index in [4.69, 9.17) is 10.5 Å². The summed E-state index contributed by atoms with van der Waals surface area (Å²) in [4.78, 5) is 8.74. The quantitative estimate of drug-likeness (QED) is 0.178. The molecule has 3 aromatic rings. The van der Waals surface area contributed by atoms with Crippen molar-refractivity contribution in [3.05, 3.63) is 46.8 Å². The van der Waals surface area contributed by atoms with Gasteiger partial charge in [-0.3, -0.25) is 0 Å². The predicted molar refractivity (Wildman–Crippen MR) is 126 cm³/mol. The third-order valence-electron chi connectivity index (χ3n) is 5.69. The number of benzene rings is 2. The summed E-state index contributed by atoms with van der Waals surface area (Å²) in [5, 5.41) is 3.20. The van der Waals surface area contributed by atoms with Crippen LogP contribution < -0.4 is 20.0 Å². The number of hydrogen-bond donors (Lipinski definition) is 2. The number of nitrogens with zero attached hydrogens (tertiary/aromatic N) is 2. The molecule has 1 aromatic heterocycles. The lowest BCUT2D eigenvalue weighted by Gasteiger charge is -2.20. The van der Waals surface area contributed by atoms with Crippen LogP contribution in [0.1, 0.15) is 55.8 Å². The standard InChI is InChI=1S/C23H23F5N4O4S/c1-10(12-5-13(20(24)25)7-14(29)6-12)30-21-15-8-17(36-37(33,34)23(26,27)28)19-16(9-22(3,4)35-19)18(15)31-11(2)32-21/h5-8,10,20H,9,29H2,1-4H3,(H,30,31,32). The average molecular weight is 547 g/mol. The van der Waals surface area contributed by atoms with Crippen LogP contribution in [0.25, 0.3) is 10.9 Å². The number of fused-ring (bicyclic) bond motifs is 3. The van der Waals surface area contributed by atoms with E-state index in [2.05, 4.69) is 19.5 Å². The van der Waals surface area contributed by atoms with E-state index >= 15 is 0 Å². The zero-order valence-electron chi connectivity index (χ0n) is 20.1. The topological polar surface area (TPSA) is 116 Å². The lowest BCUT2D eigenvalue weighted by atomic mass is 9.99. The van der Waals surface area contributed by atoms with Crippen molar-refractivity contribution >= 4 is 32.5 Å². The summed E-state index contributed by atoms with van der Waals surface area (Å²) in [5.41, 5.74) is 0.136. The van der Waals surface area contributed by atoms with Crippen molar-refractivity contribution in [1.82, 2.24) is 9.97 Å². The van der Waals surface area contributed by atoms with Gasteiger partial charge in [0.2, 0.25) is 0 Å². The third kappa shape index (κ3) is 5.20. The smallest absolute Gasteiger partial charge is 0.483 e. The molecule has 14 heteroatoms. The molecule has 1 aliphatic heterocycles. The third-order valence-corrected chi connectivity index (χ3v) is 6.65. The highest BCUT2D eigenvalue weighted by atomic mass is 32.2. The van der Waals surface area contributed by atoms with Gasteiger partial charge in [-0.2, -0.15) is 21.6 Å². The van der Waals surface area contributed by atoms with Gasteiger partial charge in [0.25, 0.3) is 6.43 Å². The van der Waals surface area contributed by atoms with Gasteiger partial charge >= 0.3 is 15.6 Å². The monoisotopic (exact) mass is 546 g/mol. The minimum atomic E-state index is -6.01. The molecule has 2 aromatic carbocycles. The van der Waals surface area contributed by atoms with Crippen LogP contribution in [0.4, 0.5) is 33.5 Å². The van der Waals surface area contributed by atoms with Gasteiger partial charge < -0.3 is 20.0 Å². The normalized spacial score (nSPS) is 15.9. The molecule has 0 spiro atoms. The maximum Gasteiger partial charge on any atom is 0.534 e. The molecule has 1 atom stereocenters. The lowest BCUT2D eigenvalue weighted by molar-refractivity contribution is -0.0500. The van der Waals surface area contributed by atoms with E-state index in [1.54, 1.807) is 27.7 Å². The first kappa shape index (κ1) is 26.6. The Morgan fingerprint density at radius 1 is 1.14 bits per heavy atom. The fraction of sp³-hybridized carbons (Fsp3) is 0.391. The first-order valence-electron chi connectivity index (χ1n) is 11.0. The van der Waals surface area contributed by atoms with Gasteiger partial charge in [0, 0.05) is 28.6 Å². The van der Waals surface area contributed by atoms with E-state index in [0.717, 1.165) is 12.1 Å². The van der Waals surface area contributed by atoms with Crippen LogP contribution in [0.2, 0.25) is 0 Å². The molecule has 0 aliphatic carbocycles. The zero-order valence-corrected chi connectivity index (χ0v) is 20.9. The summed E-state index contributed by atoms with van der Waals surface area (Å²) in [6.45, 7) is 6.60. The number of halogens is 5. The number of hydrogen-bond acceptors (Lipinski definition) is 8. The minimum Gasteiger partial charge on any atom is -0.483 e. The highest BCUT2D eigenvalue weighted by Gasteiger charge is 2.49. The van der Waals surface area contributed by atoms with Crippen molar-refractivity contribution in [2.75, 3.05) is 11.1 Å². The van der Waals surface area contributed by atoms with Gasteiger partial charge in [-0.25, -0.2) is 18.7 Å². The summed E-state index contributed by atoms with van der Waals surface area (Å²) in [5.74, 6) is -0.415. The van der Waals surface area contributed by atoms with E-state index < -0.39 is 39.4 Å². The van der Waals surface area contributed by atoms with Gasteiger partial charge in [-0.1, -0.05) is 0 Å². The van der Waals surface area contributed by atoms with Gasteiger partial charge in [0.05, 0.1) is 11.6 Å². The average Bonchev–Trinajstić information content (AvgIpc) is 3.08. The molecule has 3 N–H and O–H groups in total. The number of anilines is 2. The molecule has 0 fully saturated rings. The van der Waals surface area contributed by atoms with Crippen LogP contribution in [-0.4, -0.2) is 29.5 Å². The SMILES string of the molecule is Cc1nc(NC(C)c2cc(N)cc(C(F)F)c2)c2cc(OS(=O)(=O)C(F)(F)F)c3c(c2n1)CC(C)(C)O3. The molecule has 1 aliphatic rings. The Balaban J connectivity index is 1.87. The number of rotatable bonds is 6. The molecule has 0 saturated heterocycles. The molecule has 4 rings (SSSR count). The fourth-order valence-corrected chi connectivity index (χ4v) is 4.57. The van der Waals surface area contributed by atoms with Crippen LogP contribution in [0.3, 0.4) is 0 Å². The summed E-state index contributed by atoms with van der Waals surface area (Å²) in [7, 11) is -6.01. The molecule has 0 saturated carbocycles. The highest BCUT2D eigenvalue weighted by Crippen LogP contribution is 2.48. The summed E-state index contributed by atoms with van der Waals surface area (Å²) in [6.07, 6.45) is -2.56. The Hall–Kier alpha value is -3.42. The van der Waals surface area contributed by atoms with E-state index in [0.29, 0.717) is 22.5 Å². The number of nitrogen functional groups attached to an aromatic ring is 1. The van der Waals surface area contributed by atoms with Gasteiger partial charge in [0.15, 0.2) is 11.5 Å². The molecular weight excluding hydrogens is 523 g/mol. The van der Waals surface area contributed by atoms with Crippen molar-refractivity contribution < 1.29 is 39.3 Å². The van der Waals surface area contributed by atoms with E-state index in [-0.39, 0.29) is 34.6 Å². The first-order chi connectivity index (χ1) is 17.0. The van der Waals surface area contributed by atoms with Crippen molar-refractivity contribution in [2.24, 2.45) is 0 Å². The Labute approximate surface area is 209 Å². The molecule has 0 radical (unpaired) electrons. The number of aryl methyl sites for hydroxylation is 1. The van der Waals surface area contributed by atoms with Gasteiger partial charge in [-0.05, 0) is 57.5 Å². The minimum absolute atomic E-state index is 0.121. The Morgan fingerprint density at radius 3 is 2.41 bits per heavy atom. The number of aromatic nitrogens is 2. The molecule has 200 valence electrons. The van der Waals surface area contributed by atoms with Crippen molar-refractivity contribution in [1.29, 1.82) is 0 Å². The van der Waals surface area contributed by atoms with Crippen molar-refractivity contribution in [3.63, 3.8) is 0 Å². The number of alkyl halides is 5. The predicted octanol–water partition coefficient (Wildman–Crippen LogP) is 5.57. The summed E-state index contributed by atoms with van der Waals surface area (Å²) >= 11 is 0. The Morgan fingerprint density at radius 2 is 1.78 bits per heavy atom. The van der Waals surface area contributed by atoms with E-state index in [1.165, 1.54) is 12.1 Å². The number of ether oxygens (including phenoxy) is 1. The van der Waals surface area contributed by atoms with Crippen molar-refractivity contribution in [2.45, 2.75) is 57.7 Å².